The fourth-order valence-electron chi connectivity index (χ4n) is 2.10. The van der Waals surface area contributed by atoms with Gasteiger partial charge in [-0.15, -0.1) is 0 Å². The molecule has 1 fully saturated rings. The minimum absolute atomic E-state index is 0.0589. The molecule has 2 atom stereocenters. The molecule has 3 nitrogen and oxygen atoms in total. The summed E-state index contributed by atoms with van der Waals surface area (Å²) >= 11 is 6.84. The summed E-state index contributed by atoms with van der Waals surface area (Å²) in [6, 6.07) is 7.52. The van der Waals surface area contributed by atoms with Gasteiger partial charge >= 0.3 is 0 Å². The number of carbonyl (C=O) groups excluding carboxylic acids is 1. The first-order valence-electron chi connectivity index (χ1n) is 5.87. The second-order valence-electron chi connectivity index (χ2n) is 4.41. The fourth-order valence-corrected chi connectivity index (χ4v) is 2.91. The van der Waals surface area contributed by atoms with E-state index < -0.39 is 0 Å². The first kappa shape index (κ1) is 14.0. The van der Waals surface area contributed by atoms with Gasteiger partial charge in [0.25, 0.3) is 5.91 Å². The molecule has 0 aromatic heterocycles. The molecule has 0 bridgehead atoms. The molecular formula is C13H15Br2NO2. The van der Waals surface area contributed by atoms with Gasteiger partial charge in [0.15, 0.2) is 0 Å². The van der Waals surface area contributed by atoms with E-state index in [-0.39, 0.29) is 18.1 Å². The standard InChI is InChI=1S/C13H15Br2NO2/c1-9-7-16(8-10(6-14)18-9)13(17)11-4-2-3-5-12(11)15/h2-5,9-10H,6-8H2,1H3. The van der Waals surface area contributed by atoms with E-state index in [1.165, 1.54) is 0 Å². The second-order valence-corrected chi connectivity index (χ2v) is 5.91. The van der Waals surface area contributed by atoms with Crippen molar-refractivity contribution in [1.82, 2.24) is 4.90 Å². The number of alkyl halides is 1. The molecule has 5 heteroatoms. The zero-order valence-electron chi connectivity index (χ0n) is 10.1. The third-order valence-corrected chi connectivity index (χ3v) is 4.30. The molecular weight excluding hydrogens is 362 g/mol. The van der Waals surface area contributed by atoms with Crippen LogP contribution in [0.15, 0.2) is 28.7 Å². The molecule has 1 saturated heterocycles. The molecule has 1 aliphatic heterocycles. The Labute approximate surface area is 124 Å². The molecule has 2 unspecified atom stereocenters. The molecule has 1 aromatic rings. The molecule has 1 aliphatic rings. The highest BCUT2D eigenvalue weighted by molar-refractivity contribution is 9.10. The Bertz CT molecular complexity index is 439. The smallest absolute Gasteiger partial charge is 0.255 e. The number of nitrogens with zero attached hydrogens (tertiary/aromatic N) is 1. The molecule has 1 aromatic carbocycles. The summed E-state index contributed by atoms with van der Waals surface area (Å²) in [5, 5.41) is 0.747. The Morgan fingerprint density at radius 2 is 2.17 bits per heavy atom. The molecule has 0 saturated carbocycles. The Hall–Kier alpha value is -0.390. The first-order valence-corrected chi connectivity index (χ1v) is 7.78. The number of rotatable bonds is 2. The number of ether oxygens (including phenoxy) is 1. The monoisotopic (exact) mass is 375 g/mol. The van der Waals surface area contributed by atoms with E-state index in [0.29, 0.717) is 18.7 Å². The predicted octanol–water partition coefficient (Wildman–Crippen LogP) is 3.07. The fraction of sp³-hybridized carbons (Fsp3) is 0.462. The van der Waals surface area contributed by atoms with Crippen LogP contribution in [0.1, 0.15) is 17.3 Å². The molecule has 18 heavy (non-hydrogen) atoms. The van der Waals surface area contributed by atoms with Crippen molar-refractivity contribution in [3.05, 3.63) is 34.3 Å². The highest BCUT2D eigenvalue weighted by atomic mass is 79.9. The maximum absolute atomic E-state index is 12.5. The largest absolute Gasteiger partial charge is 0.371 e. The lowest BCUT2D eigenvalue weighted by Gasteiger charge is -2.36. The molecule has 0 radical (unpaired) electrons. The van der Waals surface area contributed by atoms with Gasteiger partial charge in [-0.25, -0.2) is 0 Å². The van der Waals surface area contributed by atoms with Crippen molar-refractivity contribution in [1.29, 1.82) is 0 Å². The van der Waals surface area contributed by atoms with Gasteiger partial charge < -0.3 is 9.64 Å². The Balaban J connectivity index is 2.16. The summed E-state index contributed by atoms with van der Waals surface area (Å²) in [5.74, 6) is 0.0589. The first-order chi connectivity index (χ1) is 8.61. The zero-order valence-corrected chi connectivity index (χ0v) is 13.3. The van der Waals surface area contributed by atoms with Gasteiger partial charge in [0.05, 0.1) is 17.8 Å². The van der Waals surface area contributed by atoms with Crippen molar-refractivity contribution in [3.8, 4) is 0 Å². The van der Waals surface area contributed by atoms with Crippen LogP contribution in [0, 0.1) is 0 Å². The normalized spacial score (nSPS) is 24.1. The molecule has 98 valence electrons. The van der Waals surface area contributed by atoms with Crippen LogP contribution in [0.25, 0.3) is 0 Å². The second kappa shape index (κ2) is 6.17. The highest BCUT2D eigenvalue weighted by Crippen LogP contribution is 2.21. The third-order valence-electron chi connectivity index (χ3n) is 2.89. The number of hydrogen-bond acceptors (Lipinski definition) is 2. The van der Waals surface area contributed by atoms with Gasteiger partial charge in [-0.3, -0.25) is 4.79 Å². The lowest BCUT2D eigenvalue weighted by molar-refractivity contribution is -0.0559. The maximum atomic E-state index is 12.5. The van der Waals surface area contributed by atoms with E-state index >= 15 is 0 Å². The Kier molecular flexibility index (Phi) is 4.81. The number of benzene rings is 1. The van der Waals surface area contributed by atoms with Gasteiger partial charge in [-0.05, 0) is 35.0 Å². The van der Waals surface area contributed by atoms with Crippen molar-refractivity contribution in [2.75, 3.05) is 18.4 Å². The topological polar surface area (TPSA) is 29.5 Å². The van der Waals surface area contributed by atoms with E-state index in [9.17, 15) is 4.79 Å². The molecule has 1 amide bonds. The highest BCUT2D eigenvalue weighted by Gasteiger charge is 2.28. The van der Waals surface area contributed by atoms with Crippen molar-refractivity contribution in [2.45, 2.75) is 19.1 Å². The van der Waals surface area contributed by atoms with Crippen LogP contribution in [0.4, 0.5) is 0 Å². The van der Waals surface area contributed by atoms with Crippen LogP contribution in [-0.2, 0) is 4.74 Å². The molecule has 1 heterocycles. The SMILES string of the molecule is CC1CN(C(=O)c2ccccc2Br)CC(CBr)O1. The molecule has 0 spiro atoms. The van der Waals surface area contributed by atoms with Crippen LogP contribution < -0.4 is 0 Å². The van der Waals surface area contributed by atoms with E-state index in [1.807, 2.05) is 36.1 Å². The summed E-state index contributed by atoms with van der Waals surface area (Å²) in [5.41, 5.74) is 0.708. The van der Waals surface area contributed by atoms with E-state index in [1.54, 1.807) is 0 Å². The molecule has 2 rings (SSSR count). The van der Waals surface area contributed by atoms with Crippen molar-refractivity contribution in [3.63, 3.8) is 0 Å². The maximum Gasteiger partial charge on any atom is 0.255 e. The van der Waals surface area contributed by atoms with Crippen molar-refractivity contribution < 1.29 is 9.53 Å². The molecule has 0 N–H and O–H groups in total. The van der Waals surface area contributed by atoms with Gasteiger partial charge in [0, 0.05) is 22.9 Å². The molecule has 0 aliphatic carbocycles. The average molecular weight is 377 g/mol. The zero-order chi connectivity index (χ0) is 13.1. The van der Waals surface area contributed by atoms with E-state index in [0.717, 1.165) is 9.80 Å². The van der Waals surface area contributed by atoms with Crippen LogP contribution in [-0.4, -0.2) is 41.4 Å². The third kappa shape index (κ3) is 3.13. The van der Waals surface area contributed by atoms with Gasteiger partial charge in [-0.1, -0.05) is 28.1 Å². The van der Waals surface area contributed by atoms with Gasteiger partial charge in [0.2, 0.25) is 0 Å². The van der Waals surface area contributed by atoms with Gasteiger partial charge in [-0.2, -0.15) is 0 Å². The number of halogens is 2. The minimum Gasteiger partial charge on any atom is -0.371 e. The van der Waals surface area contributed by atoms with Crippen LogP contribution >= 0.6 is 31.9 Å². The minimum atomic E-state index is 0.0589. The lowest BCUT2D eigenvalue weighted by Crippen LogP contribution is -2.49. The van der Waals surface area contributed by atoms with Gasteiger partial charge in [0.1, 0.15) is 0 Å². The van der Waals surface area contributed by atoms with Crippen LogP contribution in [0.3, 0.4) is 0 Å². The summed E-state index contributed by atoms with van der Waals surface area (Å²) in [6.07, 6.45) is 0.146. The van der Waals surface area contributed by atoms with Crippen molar-refractivity contribution >= 4 is 37.8 Å². The van der Waals surface area contributed by atoms with Crippen LogP contribution in [0.2, 0.25) is 0 Å². The summed E-state index contributed by atoms with van der Waals surface area (Å²) in [4.78, 5) is 14.3. The Morgan fingerprint density at radius 1 is 1.44 bits per heavy atom. The summed E-state index contributed by atoms with van der Waals surface area (Å²) in [7, 11) is 0. The lowest BCUT2D eigenvalue weighted by atomic mass is 10.1. The quantitative estimate of drug-likeness (QED) is 0.742. The summed E-state index contributed by atoms with van der Waals surface area (Å²) < 4.78 is 6.57. The van der Waals surface area contributed by atoms with E-state index in [4.69, 9.17) is 4.74 Å². The van der Waals surface area contributed by atoms with Crippen molar-refractivity contribution in [2.24, 2.45) is 0 Å². The van der Waals surface area contributed by atoms with Crippen LogP contribution in [0.5, 0.6) is 0 Å². The Morgan fingerprint density at radius 3 is 2.83 bits per heavy atom. The predicted molar refractivity (Wildman–Crippen MR) is 78.2 cm³/mol. The number of amides is 1. The number of hydrogen-bond donors (Lipinski definition) is 0. The summed E-state index contributed by atoms with van der Waals surface area (Å²) in [6.45, 7) is 3.27. The number of carbonyl (C=O) groups is 1. The average Bonchev–Trinajstić information content (AvgIpc) is 2.37. The number of morpholine rings is 1. The van der Waals surface area contributed by atoms with E-state index in [2.05, 4.69) is 31.9 Å².